The zero-order valence-electron chi connectivity index (χ0n) is 4.74. The van der Waals surface area contributed by atoms with E-state index < -0.39 is 0 Å². The van der Waals surface area contributed by atoms with E-state index in [1.807, 2.05) is 0 Å². The van der Waals surface area contributed by atoms with Crippen molar-refractivity contribution in [2.24, 2.45) is 0 Å². The van der Waals surface area contributed by atoms with Crippen LogP contribution in [0.2, 0.25) is 0 Å². The number of nitrogens with one attached hydrogen (secondary N) is 1. The predicted octanol–water partition coefficient (Wildman–Crippen LogP) is -2.59. The predicted molar refractivity (Wildman–Crippen MR) is 26.9 cm³/mol. The second-order valence-corrected chi connectivity index (χ2v) is 5.57. The molecule has 0 spiro atoms. The molecule has 0 aliphatic carbocycles. The molecular formula is C5H11IN-. The van der Waals surface area contributed by atoms with Gasteiger partial charge in [-0.05, 0) is 0 Å². The van der Waals surface area contributed by atoms with Gasteiger partial charge in [-0.25, -0.2) is 0 Å². The van der Waals surface area contributed by atoms with Crippen LogP contribution in [0.25, 0.3) is 0 Å². The summed E-state index contributed by atoms with van der Waals surface area (Å²) in [7, 11) is 0. The fourth-order valence-electron chi connectivity index (χ4n) is 0.584. The topological polar surface area (TPSA) is 12.0 Å². The van der Waals surface area contributed by atoms with E-state index in [9.17, 15) is 0 Å². The summed E-state index contributed by atoms with van der Waals surface area (Å²) >= 11 is 0.528. The second-order valence-electron chi connectivity index (χ2n) is 1.96. The monoisotopic (exact) mass is 212 g/mol. The Morgan fingerprint density at radius 3 is 2.43 bits per heavy atom. The zero-order chi connectivity index (χ0) is 5.28. The summed E-state index contributed by atoms with van der Waals surface area (Å²) in [5.74, 6) is 0. The maximum absolute atomic E-state index is 3.42. The molecule has 0 aromatic rings. The molecule has 1 aliphatic rings. The molecule has 2 atom stereocenters. The van der Waals surface area contributed by atoms with Gasteiger partial charge in [0.1, 0.15) is 0 Å². The first-order valence-corrected chi connectivity index (χ1v) is 5.39. The van der Waals surface area contributed by atoms with Gasteiger partial charge in [0, 0.05) is 0 Å². The Morgan fingerprint density at radius 1 is 1.57 bits per heavy atom. The molecule has 1 aliphatic heterocycles. The molecule has 1 heterocycles. The Bertz CT molecular complexity index is 57.1. The van der Waals surface area contributed by atoms with Gasteiger partial charge in [-0.15, -0.1) is 0 Å². The van der Waals surface area contributed by atoms with Gasteiger partial charge in [0.2, 0.25) is 0 Å². The summed E-state index contributed by atoms with van der Waals surface area (Å²) in [5, 5.41) is 3.42. The Hall–Kier alpha value is 0.690. The first kappa shape index (κ1) is 5.82. The van der Waals surface area contributed by atoms with E-state index in [0.29, 0.717) is 21.2 Å². The molecule has 0 bridgehead atoms. The van der Waals surface area contributed by atoms with Crippen LogP contribution < -0.4 is 26.5 Å². The number of alkyl halides is 2. The Labute approximate surface area is 55.1 Å². The fraction of sp³-hybridized carbons (Fsp3) is 1.00. The maximum atomic E-state index is 3.42. The number of halogens is 1. The van der Waals surface area contributed by atoms with Crippen molar-refractivity contribution in [1.82, 2.24) is 5.32 Å². The van der Waals surface area contributed by atoms with Crippen molar-refractivity contribution in [2.45, 2.75) is 23.8 Å². The Morgan fingerprint density at radius 2 is 2.29 bits per heavy atom. The van der Waals surface area contributed by atoms with Crippen LogP contribution in [-0.2, 0) is 0 Å². The van der Waals surface area contributed by atoms with E-state index in [4.69, 9.17) is 0 Å². The number of hydrogen-bond donors (Lipinski definition) is 1. The van der Waals surface area contributed by atoms with Crippen LogP contribution in [-0.4, -0.2) is 14.5 Å². The van der Waals surface area contributed by atoms with Crippen LogP contribution in [0, 0.1) is 0 Å². The third kappa shape index (κ3) is 1.29. The normalized spacial score (nSPS) is 43.1. The molecule has 44 valence electrons. The summed E-state index contributed by atoms with van der Waals surface area (Å²) in [4.78, 5) is 0. The van der Waals surface area contributed by atoms with Crippen molar-refractivity contribution in [3.05, 3.63) is 0 Å². The average Bonchev–Trinajstić information content (AvgIpc) is 1.91. The number of rotatable bonds is 0. The van der Waals surface area contributed by atoms with Crippen molar-refractivity contribution in [3.8, 4) is 0 Å². The SMILES string of the molecule is CC1NC[I-]C1C. The molecule has 1 rings (SSSR count). The molecule has 1 nitrogen and oxygen atoms in total. The van der Waals surface area contributed by atoms with E-state index in [1.165, 1.54) is 4.55 Å². The first-order chi connectivity index (χ1) is 3.30. The van der Waals surface area contributed by atoms with E-state index >= 15 is 0 Å². The van der Waals surface area contributed by atoms with E-state index in [1.54, 1.807) is 0 Å². The summed E-state index contributed by atoms with van der Waals surface area (Å²) < 4.78 is 2.35. The molecule has 1 N–H and O–H groups in total. The first-order valence-electron chi connectivity index (χ1n) is 2.62. The summed E-state index contributed by atoms with van der Waals surface area (Å²) in [5.41, 5.74) is 0. The van der Waals surface area contributed by atoms with Gasteiger partial charge in [-0.2, -0.15) is 0 Å². The summed E-state index contributed by atoms with van der Waals surface area (Å²) in [6.45, 7) is 4.62. The fourth-order valence-corrected chi connectivity index (χ4v) is 3.24. The van der Waals surface area contributed by atoms with Crippen molar-refractivity contribution in [2.75, 3.05) is 4.55 Å². The van der Waals surface area contributed by atoms with Gasteiger partial charge < -0.3 is 0 Å². The third-order valence-corrected chi connectivity index (χ3v) is 4.76. The van der Waals surface area contributed by atoms with Gasteiger partial charge in [0.25, 0.3) is 0 Å². The van der Waals surface area contributed by atoms with Gasteiger partial charge in [-0.1, -0.05) is 0 Å². The van der Waals surface area contributed by atoms with E-state index in [2.05, 4.69) is 19.2 Å². The second kappa shape index (κ2) is 2.31. The van der Waals surface area contributed by atoms with Crippen molar-refractivity contribution >= 4 is 0 Å². The van der Waals surface area contributed by atoms with Gasteiger partial charge >= 0.3 is 54.9 Å². The quantitative estimate of drug-likeness (QED) is 0.264. The standard InChI is InChI=1S/C5H11IN/c1-4-5(2)7-3-6-4/h4-5,7H,3H2,1-2H3/q-1. The molecule has 2 unspecified atom stereocenters. The van der Waals surface area contributed by atoms with Crippen LogP contribution in [0.1, 0.15) is 13.8 Å². The van der Waals surface area contributed by atoms with E-state index in [-0.39, 0.29) is 0 Å². The van der Waals surface area contributed by atoms with E-state index in [0.717, 1.165) is 9.97 Å². The molecule has 0 saturated carbocycles. The molecule has 0 radical (unpaired) electrons. The van der Waals surface area contributed by atoms with Crippen LogP contribution >= 0.6 is 0 Å². The van der Waals surface area contributed by atoms with Crippen LogP contribution in [0.3, 0.4) is 0 Å². The molecule has 0 aromatic heterocycles. The van der Waals surface area contributed by atoms with Gasteiger partial charge in [0.05, 0.1) is 0 Å². The van der Waals surface area contributed by atoms with Crippen LogP contribution in [0.5, 0.6) is 0 Å². The average molecular weight is 212 g/mol. The molecule has 2 heteroatoms. The Balaban J connectivity index is 2.33. The summed E-state index contributed by atoms with van der Waals surface area (Å²) in [6, 6.07) is 0.813. The minimum absolute atomic E-state index is 0.528. The molecule has 1 saturated heterocycles. The zero-order valence-corrected chi connectivity index (χ0v) is 6.90. The third-order valence-electron chi connectivity index (χ3n) is 1.41. The number of hydrogen-bond acceptors (Lipinski definition) is 1. The van der Waals surface area contributed by atoms with Crippen LogP contribution in [0.4, 0.5) is 0 Å². The summed E-state index contributed by atoms with van der Waals surface area (Å²) in [6.07, 6.45) is 0. The van der Waals surface area contributed by atoms with Crippen molar-refractivity contribution in [1.29, 1.82) is 0 Å². The molecular weight excluding hydrogens is 201 g/mol. The molecule has 0 aromatic carbocycles. The van der Waals surface area contributed by atoms with Gasteiger partial charge in [-0.3, -0.25) is 0 Å². The van der Waals surface area contributed by atoms with Crippen molar-refractivity contribution in [3.63, 3.8) is 0 Å². The van der Waals surface area contributed by atoms with Crippen molar-refractivity contribution < 1.29 is 21.2 Å². The van der Waals surface area contributed by atoms with Gasteiger partial charge in [0.15, 0.2) is 0 Å². The van der Waals surface area contributed by atoms with Crippen LogP contribution in [0.15, 0.2) is 0 Å². The molecule has 7 heavy (non-hydrogen) atoms. The molecule has 0 amide bonds. The Kier molecular flexibility index (Phi) is 1.92. The minimum atomic E-state index is 0.528. The molecule has 1 fully saturated rings.